The van der Waals surface area contributed by atoms with Crippen molar-refractivity contribution in [3.63, 3.8) is 0 Å². The quantitative estimate of drug-likeness (QED) is 0.713. The Morgan fingerprint density at radius 1 is 0.857 bits per heavy atom. The Kier molecular flexibility index (Phi) is 3.83. The average molecular weight is 277 g/mol. The second-order valence-electron chi connectivity index (χ2n) is 4.67. The zero-order chi connectivity index (χ0) is 14.5. The topological polar surface area (TPSA) is 31.2 Å². The molecule has 1 heterocycles. The molecule has 0 unspecified atom stereocenters. The molecule has 0 atom stereocenters. The second-order valence-corrected chi connectivity index (χ2v) is 4.67. The first-order valence-corrected chi connectivity index (χ1v) is 6.78. The maximum absolute atomic E-state index is 12.2. The second kappa shape index (κ2) is 6.09. The lowest BCUT2D eigenvalue weighted by atomic mass is 10.1. The third-order valence-corrected chi connectivity index (χ3v) is 3.22. The van der Waals surface area contributed by atoms with Crippen molar-refractivity contribution in [2.24, 2.45) is 0 Å². The lowest BCUT2D eigenvalue weighted by molar-refractivity contribution is 0.141. The van der Waals surface area contributed by atoms with Crippen LogP contribution in [0.5, 0.6) is 0 Å². The van der Waals surface area contributed by atoms with Crippen molar-refractivity contribution in [1.82, 2.24) is 4.57 Å². The number of nitrogens with zero attached hydrogens (tertiary/aromatic N) is 1. The highest BCUT2D eigenvalue weighted by atomic mass is 16.5. The molecular formula is C18H15NO2. The summed E-state index contributed by atoms with van der Waals surface area (Å²) in [6.45, 7) is 0.270. The lowest BCUT2D eigenvalue weighted by Crippen LogP contribution is -2.13. The third-order valence-electron chi connectivity index (χ3n) is 3.22. The van der Waals surface area contributed by atoms with E-state index in [9.17, 15) is 4.79 Å². The minimum Gasteiger partial charge on any atom is -0.444 e. The summed E-state index contributed by atoms with van der Waals surface area (Å²) in [6, 6.07) is 23.2. The van der Waals surface area contributed by atoms with Crippen molar-refractivity contribution < 1.29 is 9.53 Å². The lowest BCUT2D eigenvalue weighted by Gasteiger charge is -2.09. The fourth-order valence-corrected chi connectivity index (χ4v) is 2.17. The highest BCUT2D eigenvalue weighted by Crippen LogP contribution is 2.20. The maximum atomic E-state index is 12.2. The van der Waals surface area contributed by atoms with Crippen molar-refractivity contribution in [2.75, 3.05) is 0 Å². The molecule has 0 amide bonds. The van der Waals surface area contributed by atoms with Crippen molar-refractivity contribution in [1.29, 1.82) is 0 Å². The molecule has 2 aromatic carbocycles. The van der Waals surface area contributed by atoms with Gasteiger partial charge in [0, 0.05) is 6.20 Å². The van der Waals surface area contributed by atoms with E-state index in [1.54, 1.807) is 6.20 Å². The minimum absolute atomic E-state index is 0.270. The molecule has 0 fully saturated rings. The predicted octanol–water partition coefficient (Wildman–Crippen LogP) is 4.34. The molecule has 0 N–H and O–H groups in total. The predicted molar refractivity (Wildman–Crippen MR) is 81.9 cm³/mol. The van der Waals surface area contributed by atoms with Gasteiger partial charge >= 0.3 is 6.09 Å². The van der Waals surface area contributed by atoms with E-state index in [0.29, 0.717) is 0 Å². The summed E-state index contributed by atoms with van der Waals surface area (Å²) in [4.78, 5) is 12.2. The zero-order valence-corrected chi connectivity index (χ0v) is 11.5. The van der Waals surface area contributed by atoms with Gasteiger partial charge in [0.05, 0.1) is 5.69 Å². The van der Waals surface area contributed by atoms with Gasteiger partial charge in [0.15, 0.2) is 0 Å². The van der Waals surface area contributed by atoms with Gasteiger partial charge in [-0.2, -0.15) is 0 Å². The SMILES string of the molecule is O=C(OCc1ccccc1)n1cccc1-c1ccccc1. The number of ether oxygens (including phenoxy) is 1. The van der Waals surface area contributed by atoms with Crippen molar-refractivity contribution in [3.8, 4) is 11.3 Å². The van der Waals surface area contributed by atoms with Crippen LogP contribution in [0.15, 0.2) is 79.0 Å². The molecule has 1 aromatic heterocycles. The first kappa shape index (κ1) is 13.2. The summed E-state index contributed by atoms with van der Waals surface area (Å²) in [7, 11) is 0. The molecular weight excluding hydrogens is 262 g/mol. The van der Waals surface area contributed by atoms with E-state index in [4.69, 9.17) is 4.74 Å². The Labute approximate surface area is 123 Å². The Hall–Kier alpha value is -2.81. The molecule has 0 aliphatic heterocycles. The van der Waals surface area contributed by atoms with Gasteiger partial charge < -0.3 is 4.74 Å². The summed E-state index contributed by atoms with van der Waals surface area (Å²) < 4.78 is 6.88. The number of carbonyl (C=O) groups is 1. The Bertz CT molecular complexity index is 717. The summed E-state index contributed by atoms with van der Waals surface area (Å²) >= 11 is 0. The average Bonchev–Trinajstić information content (AvgIpc) is 3.04. The number of rotatable bonds is 3. The van der Waals surface area contributed by atoms with E-state index in [1.807, 2.05) is 72.8 Å². The van der Waals surface area contributed by atoms with Gasteiger partial charge in [-0.3, -0.25) is 4.57 Å². The van der Waals surface area contributed by atoms with Gasteiger partial charge in [-0.1, -0.05) is 60.7 Å². The van der Waals surface area contributed by atoms with Gasteiger partial charge in [-0.15, -0.1) is 0 Å². The molecule has 0 aliphatic rings. The molecule has 3 nitrogen and oxygen atoms in total. The molecule has 0 aliphatic carbocycles. The molecule has 0 spiro atoms. The highest BCUT2D eigenvalue weighted by Gasteiger charge is 2.11. The van der Waals surface area contributed by atoms with Crippen molar-refractivity contribution in [3.05, 3.63) is 84.6 Å². The van der Waals surface area contributed by atoms with Gasteiger partial charge in [0.2, 0.25) is 0 Å². The van der Waals surface area contributed by atoms with Crippen molar-refractivity contribution in [2.45, 2.75) is 6.61 Å². The molecule has 21 heavy (non-hydrogen) atoms. The molecule has 0 bridgehead atoms. The first-order valence-electron chi connectivity index (χ1n) is 6.78. The summed E-state index contributed by atoms with van der Waals surface area (Å²) in [6.07, 6.45) is 1.35. The van der Waals surface area contributed by atoms with E-state index in [-0.39, 0.29) is 12.7 Å². The minimum atomic E-state index is -0.372. The zero-order valence-electron chi connectivity index (χ0n) is 11.5. The van der Waals surface area contributed by atoms with Gasteiger partial charge in [-0.25, -0.2) is 4.79 Å². The maximum Gasteiger partial charge on any atom is 0.418 e. The van der Waals surface area contributed by atoms with Gasteiger partial charge in [0.25, 0.3) is 0 Å². The van der Waals surface area contributed by atoms with Crippen LogP contribution in [0.4, 0.5) is 4.79 Å². The molecule has 3 aromatic rings. The monoisotopic (exact) mass is 277 g/mol. The van der Waals surface area contributed by atoms with Crippen LogP contribution in [0.2, 0.25) is 0 Å². The van der Waals surface area contributed by atoms with E-state index >= 15 is 0 Å². The van der Waals surface area contributed by atoms with Crippen LogP contribution in [-0.2, 0) is 11.3 Å². The summed E-state index contributed by atoms with van der Waals surface area (Å²) in [5.74, 6) is 0. The number of aromatic nitrogens is 1. The molecule has 0 radical (unpaired) electrons. The van der Waals surface area contributed by atoms with Crippen LogP contribution < -0.4 is 0 Å². The van der Waals surface area contributed by atoms with E-state index < -0.39 is 0 Å². The van der Waals surface area contributed by atoms with E-state index in [0.717, 1.165) is 16.8 Å². The van der Waals surface area contributed by atoms with Crippen LogP contribution >= 0.6 is 0 Å². The molecule has 0 saturated heterocycles. The molecule has 0 saturated carbocycles. The smallest absolute Gasteiger partial charge is 0.418 e. The summed E-state index contributed by atoms with van der Waals surface area (Å²) in [5, 5.41) is 0. The van der Waals surface area contributed by atoms with Crippen LogP contribution in [0, 0.1) is 0 Å². The van der Waals surface area contributed by atoms with Crippen LogP contribution in [0.25, 0.3) is 11.3 Å². The van der Waals surface area contributed by atoms with Gasteiger partial charge in [-0.05, 0) is 23.3 Å². The number of benzene rings is 2. The third kappa shape index (κ3) is 3.03. The Balaban J connectivity index is 1.76. The van der Waals surface area contributed by atoms with Crippen LogP contribution in [0.3, 0.4) is 0 Å². The van der Waals surface area contributed by atoms with E-state index in [2.05, 4.69) is 0 Å². The molecule has 104 valence electrons. The normalized spacial score (nSPS) is 10.3. The van der Waals surface area contributed by atoms with Gasteiger partial charge in [0.1, 0.15) is 6.61 Å². The van der Waals surface area contributed by atoms with E-state index in [1.165, 1.54) is 4.57 Å². The standard InChI is InChI=1S/C18H15NO2/c20-18(21-14-15-8-3-1-4-9-15)19-13-7-12-17(19)16-10-5-2-6-11-16/h1-13H,14H2. The molecule has 3 rings (SSSR count). The number of carbonyl (C=O) groups excluding carboxylic acids is 1. The fourth-order valence-electron chi connectivity index (χ4n) is 2.17. The Morgan fingerprint density at radius 3 is 2.24 bits per heavy atom. The molecule has 3 heteroatoms. The highest BCUT2D eigenvalue weighted by molar-refractivity contribution is 5.78. The largest absolute Gasteiger partial charge is 0.444 e. The number of hydrogen-bond acceptors (Lipinski definition) is 2. The first-order chi connectivity index (χ1) is 10.3. The van der Waals surface area contributed by atoms with Crippen LogP contribution in [-0.4, -0.2) is 10.7 Å². The Morgan fingerprint density at radius 2 is 1.52 bits per heavy atom. The van der Waals surface area contributed by atoms with Crippen molar-refractivity contribution >= 4 is 6.09 Å². The fraction of sp³-hybridized carbons (Fsp3) is 0.0556. The summed E-state index contributed by atoms with van der Waals surface area (Å²) in [5.41, 5.74) is 2.78. The van der Waals surface area contributed by atoms with Crippen LogP contribution in [0.1, 0.15) is 5.56 Å². The number of hydrogen-bond donors (Lipinski definition) is 0.